The maximum Gasteiger partial charge on any atom is 0.0416 e. The maximum atomic E-state index is 5.93. The largest absolute Gasteiger partial charge is 0.323 e. The van der Waals surface area contributed by atoms with Gasteiger partial charge >= 0.3 is 0 Å². The quantitative estimate of drug-likeness (QED) is 0.693. The molecule has 0 spiro atoms. The van der Waals surface area contributed by atoms with Gasteiger partial charge < -0.3 is 5.73 Å². The predicted molar refractivity (Wildman–Crippen MR) is 54.1 cm³/mol. The summed E-state index contributed by atoms with van der Waals surface area (Å²) in [6.45, 7) is 3.93. The predicted octanol–water partition coefficient (Wildman–Crippen LogP) is 2.47. The third-order valence-corrected chi connectivity index (χ3v) is 2.67. The Balaban J connectivity index is 2.68. The molecule has 0 fully saturated rings. The summed E-state index contributed by atoms with van der Waals surface area (Å²) >= 11 is 1.70. The molecule has 0 saturated carbocycles. The standard InChI is InChI=1S/C10H13NS/c1-3-4-5-10(11)9-7-12-6-8(9)2/h6-7,10H,5,11H2,1-2H3. The zero-order chi connectivity index (χ0) is 8.97. The molecule has 2 heteroatoms. The van der Waals surface area contributed by atoms with Crippen LogP contribution in [0.3, 0.4) is 0 Å². The van der Waals surface area contributed by atoms with E-state index < -0.39 is 0 Å². The topological polar surface area (TPSA) is 26.0 Å². The van der Waals surface area contributed by atoms with E-state index >= 15 is 0 Å². The first-order valence-electron chi connectivity index (χ1n) is 3.93. The Morgan fingerprint density at radius 2 is 2.33 bits per heavy atom. The van der Waals surface area contributed by atoms with Crippen LogP contribution in [0.5, 0.6) is 0 Å². The zero-order valence-electron chi connectivity index (χ0n) is 7.42. The van der Waals surface area contributed by atoms with Gasteiger partial charge in [0.15, 0.2) is 0 Å². The van der Waals surface area contributed by atoms with Crippen molar-refractivity contribution in [3.05, 3.63) is 21.9 Å². The number of aryl methyl sites for hydroxylation is 1. The molecule has 0 bridgehead atoms. The summed E-state index contributed by atoms with van der Waals surface area (Å²) < 4.78 is 0. The fraction of sp³-hybridized carbons (Fsp3) is 0.400. The molecule has 0 aliphatic heterocycles. The molecule has 1 heterocycles. The lowest BCUT2D eigenvalue weighted by Crippen LogP contribution is -2.09. The number of hydrogen-bond acceptors (Lipinski definition) is 2. The van der Waals surface area contributed by atoms with E-state index in [1.807, 2.05) is 6.92 Å². The van der Waals surface area contributed by atoms with Crippen LogP contribution in [0.15, 0.2) is 10.8 Å². The van der Waals surface area contributed by atoms with Gasteiger partial charge in [-0.2, -0.15) is 11.3 Å². The molecule has 0 amide bonds. The third kappa shape index (κ3) is 2.10. The fourth-order valence-corrected chi connectivity index (χ4v) is 1.99. The van der Waals surface area contributed by atoms with Gasteiger partial charge in [-0.3, -0.25) is 0 Å². The molecular weight excluding hydrogens is 166 g/mol. The van der Waals surface area contributed by atoms with Gasteiger partial charge in [0, 0.05) is 12.5 Å². The molecule has 0 radical (unpaired) electrons. The molecule has 0 saturated heterocycles. The molecule has 64 valence electrons. The van der Waals surface area contributed by atoms with Crippen LogP contribution in [0.25, 0.3) is 0 Å². The van der Waals surface area contributed by atoms with E-state index in [2.05, 4.69) is 29.5 Å². The fourth-order valence-electron chi connectivity index (χ4n) is 1.07. The number of thiophene rings is 1. The van der Waals surface area contributed by atoms with E-state index in [9.17, 15) is 0 Å². The summed E-state index contributed by atoms with van der Waals surface area (Å²) in [5.41, 5.74) is 8.45. The van der Waals surface area contributed by atoms with Gasteiger partial charge in [-0.15, -0.1) is 11.8 Å². The van der Waals surface area contributed by atoms with Crippen LogP contribution in [0.2, 0.25) is 0 Å². The van der Waals surface area contributed by atoms with Crippen LogP contribution >= 0.6 is 11.3 Å². The lowest BCUT2D eigenvalue weighted by molar-refractivity contribution is 0.752. The Morgan fingerprint density at radius 3 is 2.83 bits per heavy atom. The van der Waals surface area contributed by atoms with Crippen LogP contribution in [0.1, 0.15) is 30.5 Å². The highest BCUT2D eigenvalue weighted by molar-refractivity contribution is 7.08. The molecule has 1 aromatic heterocycles. The second kappa shape index (κ2) is 4.30. The van der Waals surface area contributed by atoms with Crippen molar-refractivity contribution in [3.63, 3.8) is 0 Å². The highest BCUT2D eigenvalue weighted by Crippen LogP contribution is 2.21. The van der Waals surface area contributed by atoms with Gasteiger partial charge in [-0.25, -0.2) is 0 Å². The minimum Gasteiger partial charge on any atom is -0.323 e. The van der Waals surface area contributed by atoms with Crippen molar-refractivity contribution in [2.24, 2.45) is 5.73 Å². The van der Waals surface area contributed by atoms with Gasteiger partial charge in [0.25, 0.3) is 0 Å². The van der Waals surface area contributed by atoms with Gasteiger partial charge in [-0.05, 0) is 35.7 Å². The van der Waals surface area contributed by atoms with Gasteiger partial charge in [0.1, 0.15) is 0 Å². The number of hydrogen-bond donors (Lipinski definition) is 1. The second-order valence-corrected chi connectivity index (χ2v) is 3.49. The summed E-state index contributed by atoms with van der Waals surface area (Å²) in [7, 11) is 0. The Morgan fingerprint density at radius 1 is 1.58 bits per heavy atom. The molecule has 1 rings (SSSR count). The highest BCUT2D eigenvalue weighted by atomic mass is 32.1. The monoisotopic (exact) mass is 179 g/mol. The molecule has 2 N–H and O–H groups in total. The molecule has 12 heavy (non-hydrogen) atoms. The van der Waals surface area contributed by atoms with E-state index in [0.717, 1.165) is 6.42 Å². The van der Waals surface area contributed by atoms with Crippen LogP contribution < -0.4 is 5.73 Å². The van der Waals surface area contributed by atoms with Crippen molar-refractivity contribution in [3.8, 4) is 11.8 Å². The normalized spacial score (nSPS) is 11.9. The van der Waals surface area contributed by atoms with Crippen LogP contribution in [-0.2, 0) is 0 Å². The van der Waals surface area contributed by atoms with E-state index in [0.29, 0.717) is 0 Å². The molecule has 0 aromatic carbocycles. The summed E-state index contributed by atoms with van der Waals surface area (Å²) in [5, 5.41) is 4.23. The minimum absolute atomic E-state index is 0.0868. The third-order valence-electron chi connectivity index (χ3n) is 1.79. The maximum absolute atomic E-state index is 5.93. The summed E-state index contributed by atoms with van der Waals surface area (Å²) in [4.78, 5) is 0. The summed E-state index contributed by atoms with van der Waals surface area (Å²) in [5.74, 6) is 5.85. The molecule has 1 atom stereocenters. The number of rotatable bonds is 2. The van der Waals surface area contributed by atoms with Gasteiger partial charge in [-0.1, -0.05) is 0 Å². The molecule has 1 aromatic rings. The molecule has 1 nitrogen and oxygen atoms in total. The second-order valence-electron chi connectivity index (χ2n) is 2.75. The van der Waals surface area contributed by atoms with Crippen LogP contribution in [-0.4, -0.2) is 0 Å². The Labute approximate surface area is 77.6 Å². The lowest BCUT2D eigenvalue weighted by atomic mass is 10.1. The van der Waals surface area contributed by atoms with Gasteiger partial charge in [0.2, 0.25) is 0 Å². The van der Waals surface area contributed by atoms with Crippen molar-refractivity contribution in [2.75, 3.05) is 0 Å². The van der Waals surface area contributed by atoms with Crippen LogP contribution in [0.4, 0.5) is 0 Å². The van der Waals surface area contributed by atoms with Crippen molar-refractivity contribution in [1.29, 1.82) is 0 Å². The van der Waals surface area contributed by atoms with Crippen LogP contribution in [0, 0.1) is 18.8 Å². The number of nitrogens with two attached hydrogens (primary N) is 1. The minimum atomic E-state index is 0.0868. The molecular formula is C10H13NS. The van der Waals surface area contributed by atoms with E-state index in [-0.39, 0.29) is 6.04 Å². The first-order valence-corrected chi connectivity index (χ1v) is 4.88. The first-order chi connectivity index (χ1) is 5.75. The summed E-state index contributed by atoms with van der Waals surface area (Å²) in [6, 6.07) is 0.0868. The Hall–Kier alpha value is -0.780. The summed E-state index contributed by atoms with van der Waals surface area (Å²) in [6.07, 6.45) is 0.758. The lowest BCUT2D eigenvalue weighted by Gasteiger charge is -2.06. The SMILES string of the molecule is CC#CCC(N)c1cscc1C. The van der Waals surface area contributed by atoms with Crippen molar-refractivity contribution in [1.82, 2.24) is 0 Å². The van der Waals surface area contributed by atoms with Crippen molar-refractivity contribution in [2.45, 2.75) is 26.3 Å². The average molecular weight is 179 g/mol. The van der Waals surface area contributed by atoms with E-state index in [1.165, 1.54) is 11.1 Å². The Kier molecular flexibility index (Phi) is 3.33. The van der Waals surface area contributed by atoms with Crippen molar-refractivity contribution >= 4 is 11.3 Å². The van der Waals surface area contributed by atoms with Crippen molar-refractivity contribution < 1.29 is 0 Å². The van der Waals surface area contributed by atoms with E-state index in [4.69, 9.17) is 5.73 Å². The Bertz CT molecular complexity index is 303. The molecule has 0 aliphatic carbocycles. The first kappa shape index (κ1) is 9.31. The zero-order valence-corrected chi connectivity index (χ0v) is 8.24. The van der Waals surface area contributed by atoms with E-state index in [1.54, 1.807) is 11.3 Å². The van der Waals surface area contributed by atoms with Gasteiger partial charge in [0.05, 0.1) is 0 Å². The molecule has 0 aliphatic rings. The average Bonchev–Trinajstić information content (AvgIpc) is 2.47. The highest BCUT2D eigenvalue weighted by Gasteiger charge is 2.07. The molecule has 1 unspecified atom stereocenters. The smallest absolute Gasteiger partial charge is 0.0416 e.